The van der Waals surface area contributed by atoms with Crippen LogP contribution in [0.2, 0.25) is 0 Å². The van der Waals surface area contributed by atoms with E-state index in [4.69, 9.17) is 5.11 Å². The third kappa shape index (κ3) is 29.0. The molecule has 0 heterocycles. The summed E-state index contributed by atoms with van der Waals surface area (Å²) in [6.07, 6.45) is 23.2. The Hall–Kier alpha value is 0.942. The quantitative estimate of drug-likeness (QED) is 0.214. The van der Waals surface area contributed by atoms with Gasteiger partial charge in [0.1, 0.15) is 0 Å². The Morgan fingerprint density at radius 2 is 0.955 bits per heavy atom. The summed E-state index contributed by atoms with van der Waals surface area (Å²) in [6, 6.07) is 0. The van der Waals surface area contributed by atoms with Crippen molar-refractivity contribution >= 4 is 0 Å². The molecule has 0 bridgehead atoms. The van der Waals surface area contributed by atoms with Crippen molar-refractivity contribution in [2.45, 2.75) is 96.8 Å². The van der Waals surface area contributed by atoms with E-state index in [1.54, 1.807) is 0 Å². The molecular formula is C18H36Cl2OPd. The van der Waals surface area contributed by atoms with Gasteiger partial charge in [-0.25, -0.2) is 0 Å². The molecule has 0 spiro atoms. The molecule has 0 aromatic rings. The van der Waals surface area contributed by atoms with E-state index in [-0.39, 0.29) is 45.2 Å². The van der Waals surface area contributed by atoms with Gasteiger partial charge in [-0.2, -0.15) is 0 Å². The fraction of sp³-hybridized carbons (Fsp3) is 0.889. The van der Waals surface area contributed by atoms with Gasteiger partial charge in [0.2, 0.25) is 0 Å². The minimum Gasteiger partial charge on any atom is -1.00 e. The van der Waals surface area contributed by atoms with Gasteiger partial charge in [-0.1, -0.05) is 76.9 Å². The molecule has 0 aliphatic heterocycles. The smallest absolute Gasteiger partial charge is 1.00 e. The van der Waals surface area contributed by atoms with Crippen LogP contribution in [0.3, 0.4) is 0 Å². The number of aliphatic hydroxyl groups is 1. The van der Waals surface area contributed by atoms with Gasteiger partial charge >= 0.3 is 20.4 Å². The van der Waals surface area contributed by atoms with Crippen LogP contribution in [-0.2, 0) is 20.4 Å². The van der Waals surface area contributed by atoms with Crippen LogP contribution in [0.25, 0.3) is 0 Å². The predicted molar refractivity (Wildman–Crippen MR) is 86.5 cm³/mol. The maximum atomic E-state index is 8.66. The zero-order chi connectivity index (χ0) is 14.0. The molecule has 0 unspecified atom stereocenters. The molecule has 0 radical (unpaired) electrons. The van der Waals surface area contributed by atoms with Gasteiger partial charge in [-0.15, -0.1) is 0 Å². The molecule has 0 atom stereocenters. The number of aliphatic hydroxyl groups excluding tert-OH is 1. The Balaban J connectivity index is -0.000000540. The van der Waals surface area contributed by atoms with E-state index in [9.17, 15) is 0 Å². The Morgan fingerprint density at radius 3 is 1.36 bits per heavy atom. The van der Waals surface area contributed by atoms with Crippen LogP contribution >= 0.6 is 0 Å². The van der Waals surface area contributed by atoms with Crippen LogP contribution in [0, 0.1) is 0 Å². The molecular weight excluding hydrogens is 410 g/mol. The minimum atomic E-state index is 0. The van der Waals surface area contributed by atoms with Crippen LogP contribution in [0.15, 0.2) is 12.2 Å². The second-order valence-corrected chi connectivity index (χ2v) is 5.66. The van der Waals surface area contributed by atoms with E-state index < -0.39 is 0 Å². The summed E-state index contributed by atoms with van der Waals surface area (Å²) in [5.74, 6) is 0. The summed E-state index contributed by atoms with van der Waals surface area (Å²) in [4.78, 5) is 0. The number of allylic oxidation sites excluding steroid dienone is 2. The van der Waals surface area contributed by atoms with E-state index in [1.807, 2.05) is 0 Å². The van der Waals surface area contributed by atoms with Gasteiger partial charge in [-0.3, -0.25) is 0 Å². The van der Waals surface area contributed by atoms with Crippen LogP contribution in [0.5, 0.6) is 0 Å². The molecule has 0 rings (SSSR count). The van der Waals surface area contributed by atoms with Crippen molar-refractivity contribution in [3.63, 3.8) is 0 Å². The Morgan fingerprint density at radius 1 is 0.591 bits per heavy atom. The fourth-order valence-corrected chi connectivity index (χ4v) is 2.36. The summed E-state index contributed by atoms with van der Waals surface area (Å²) < 4.78 is 0. The summed E-state index contributed by atoms with van der Waals surface area (Å²) in [5, 5.41) is 8.66. The van der Waals surface area contributed by atoms with Crippen LogP contribution in [-0.4, -0.2) is 11.7 Å². The maximum absolute atomic E-state index is 8.66. The molecule has 0 aromatic heterocycles. The van der Waals surface area contributed by atoms with E-state index in [0.717, 1.165) is 6.42 Å². The maximum Gasteiger partial charge on any atom is 2.00 e. The summed E-state index contributed by atoms with van der Waals surface area (Å²) in [5.41, 5.74) is 0. The molecule has 4 heteroatoms. The zero-order valence-corrected chi connectivity index (χ0v) is 17.3. The molecule has 0 aliphatic rings. The SMILES string of the molecule is CCCCCCCC/C=C/CCCCCCCCO.[Cl-].[Cl-].[Pd+2]. The first-order valence-electron chi connectivity index (χ1n) is 8.67. The molecule has 1 N–H and O–H groups in total. The first-order chi connectivity index (χ1) is 9.41. The van der Waals surface area contributed by atoms with Crippen molar-refractivity contribution in [1.29, 1.82) is 0 Å². The number of halogens is 2. The van der Waals surface area contributed by atoms with Gasteiger partial charge in [-0.05, 0) is 32.1 Å². The first-order valence-corrected chi connectivity index (χ1v) is 8.67. The molecule has 1 nitrogen and oxygen atoms in total. The number of rotatable bonds is 15. The van der Waals surface area contributed by atoms with E-state index in [2.05, 4.69) is 19.1 Å². The monoisotopic (exact) mass is 444 g/mol. The minimum absolute atomic E-state index is 0. The van der Waals surface area contributed by atoms with Crippen LogP contribution in [0.1, 0.15) is 96.8 Å². The van der Waals surface area contributed by atoms with Crippen molar-refractivity contribution in [3.8, 4) is 0 Å². The van der Waals surface area contributed by atoms with Crippen LogP contribution < -0.4 is 24.8 Å². The predicted octanol–water partition coefficient (Wildman–Crippen LogP) is 0.0217. The molecule has 0 aliphatic carbocycles. The Kier molecular flexibility index (Phi) is 41.8. The van der Waals surface area contributed by atoms with E-state index >= 15 is 0 Å². The molecule has 0 fully saturated rings. The standard InChI is InChI=1S/C18H36O.2ClH.Pd/c1-2-3-4-5-6-7-8-9-10-11-12-13-14-15-16-17-18-19;;;/h9-10,19H,2-8,11-18H2,1H3;2*1H;/q;;;+2/p-2/b10-9+;;;. The largest absolute Gasteiger partial charge is 2.00 e. The number of hydrogen-bond acceptors (Lipinski definition) is 1. The second kappa shape index (κ2) is 29.9. The molecule has 0 saturated carbocycles. The summed E-state index contributed by atoms with van der Waals surface area (Å²) in [7, 11) is 0. The van der Waals surface area contributed by atoms with Gasteiger partial charge in [0.05, 0.1) is 0 Å². The van der Waals surface area contributed by atoms with Gasteiger partial charge < -0.3 is 29.9 Å². The van der Waals surface area contributed by atoms with Crippen molar-refractivity contribution in [3.05, 3.63) is 12.2 Å². The average molecular weight is 446 g/mol. The third-order valence-electron chi connectivity index (χ3n) is 3.67. The van der Waals surface area contributed by atoms with Crippen LogP contribution in [0.4, 0.5) is 0 Å². The molecule has 22 heavy (non-hydrogen) atoms. The Labute approximate surface area is 165 Å². The normalized spacial score (nSPS) is 9.91. The van der Waals surface area contributed by atoms with Gasteiger partial charge in [0, 0.05) is 6.61 Å². The van der Waals surface area contributed by atoms with E-state index in [0.29, 0.717) is 6.61 Å². The summed E-state index contributed by atoms with van der Waals surface area (Å²) >= 11 is 0. The zero-order valence-electron chi connectivity index (χ0n) is 14.3. The van der Waals surface area contributed by atoms with Crippen molar-refractivity contribution in [1.82, 2.24) is 0 Å². The van der Waals surface area contributed by atoms with E-state index in [1.165, 1.54) is 83.5 Å². The van der Waals surface area contributed by atoms with Crippen molar-refractivity contribution in [2.24, 2.45) is 0 Å². The fourth-order valence-electron chi connectivity index (χ4n) is 2.36. The second-order valence-electron chi connectivity index (χ2n) is 5.66. The number of unbranched alkanes of at least 4 members (excludes halogenated alkanes) is 12. The van der Waals surface area contributed by atoms with Crippen molar-refractivity contribution < 1.29 is 50.3 Å². The first kappa shape index (κ1) is 30.8. The molecule has 0 saturated heterocycles. The third-order valence-corrected chi connectivity index (χ3v) is 3.67. The molecule has 138 valence electrons. The topological polar surface area (TPSA) is 20.2 Å². The Bertz CT molecular complexity index is 190. The van der Waals surface area contributed by atoms with Crippen molar-refractivity contribution in [2.75, 3.05) is 6.61 Å². The van der Waals surface area contributed by atoms with Gasteiger partial charge in [0.15, 0.2) is 0 Å². The molecule has 0 amide bonds. The number of hydrogen-bond donors (Lipinski definition) is 1. The van der Waals surface area contributed by atoms with Gasteiger partial charge in [0.25, 0.3) is 0 Å². The molecule has 0 aromatic carbocycles. The average Bonchev–Trinajstić information content (AvgIpc) is 2.43. The summed E-state index contributed by atoms with van der Waals surface area (Å²) in [6.45, 7) is 2.64.